The van der Waals surface area contributed by atoms with E-state index in [1.807, 2.05) is 37.3 Å². The van der Waals surface area contributed by atoms with E-state index in [9.17, 15) is 14.4 Å². The van der Waals surface area contributed by atoms with Crippen LogP contribution in [0.25, 0.3) is 0 Å². The number of carbonyl (C=O) groups is 3. The molecule has 1 aliphatic heterocycles. The van der Waals surface area contributed by atoms with Crippen molar-refractivity contribution < 1.29 is 19.1 Å². The summed E-state index contributed by atoms with van der Waals surface area (Å²) < 4.78 is 4.98. The fourth-order valence-corrected chi connectivity index (χ4v) is 3.21. The molecule has 9 nitrogen and oxygen atoms in total. The van der Waals surface area contributed by atoms with Gasteiger partial charge in [0.15, 0.2) is 5.11 Å². The van der Waals surface area contributed by atoms with Crippen LogP contribution < -0.4 is 21.5 Å². The normalized spacial score (nSPS) is 19.5. The Morgan fingerprint density at radius 2 is 1.97 bits per heavy atom. The lowest BCUT2D eigenvalue weighted by atomic mass is 9.93. The van der Waals surface area contributed by atoms with Crippen LogP contribution in [-0.2, 0) is 20.7 Å². The summed E-state index contributed by atoms with van der Waals surface area (Å²) in [5.41, 5.74) is 4.93. The molecule has 0 saturated carbocycles. The van der Waals surface area contributed by atoms with Gasteiger partial charge in [-0.25, -0.2) is 4.79 Å². The van der Waals surface area contributed by atoms with Crippen molar-refractivity contribution in [2.75, 3.05) is 20.3 Å². The van der Waals surface area contributed by atoms with Gasteiger partial charge in [-0.1, -0.05) is 30.3 Å². The molecule has 0 bridgehead atoms. The van der Waals surface area contributed by atoms with Gasteiger partial charge in [0.1, 0.15) is 12.1 Å². The lowest BCUT2D eigenvalue weighted by Gasteiger charge is -2.21. The van der Waals surface area contributed by atoms with Gasteiger partial charge in [-0.15, -0.1) is 0 Å². The van der Waals surface area contributed by atoms with Crippen molar-refractivity contribution in [1.29, 1.82) is 0 Å². The summed E-state index contributed by atoms with van der Waals surface area (Å²) in [5, 5.41) is 5.81. The molecule has 29 heavy (non-hydrogen) atoms. The summed E-state index contributed by atoms with van der Waals surface area (Å²) in [5.74, 6) is -0.993. The zero-order valence-corrected chi connectivity index (χ0v) is 17.6. The van der Waals surface area contributed by atoms with Crippen molar-refractivity contribution in [2.45, 2.75) is 38.3 Å². The van der Waals surface area contributed by atoms with Gasteiger partial charge in [0, 0.05) is 13.2 Å². The zero-order valence-electron chi connectivity index (χ0n) is 16.8. The van der Waals surface area contributed by atoms with Crippen LogP contribution in [0.3, 0.4) is 0 Å². The van der Waals surface area contributed by atoms with Gasteiger partial charge in [0.2, 0.25) is 0 Å². The number of aryl methyl sites for hydroxylation is 1. The summed E-state index contributed by atoms with van der Waals surface area (Å²) in [6.45, 7) is 3.57. The van der Waals surface area contributed by atoms with Gasteiger partial charge in [0.05, 0.1) is 6.61 Å². The molecule has 0 radical (unpaired) electrons. The fraction of sp³-hybridized carbons (Fsp3) is 0.474. The lowest BCUT2D eigenvalue weighted by molar-refractivity contribution is -0.134. The summed E-state index contributed by atoms with van der Waals surface area (Å²) in [4.78, 5) is 38.0. The number of nitrogens with zero attached hydrogens (tertiary/aromatic N) is 1. The quantitative estimate of drug-likeness (QED) is 0.274. The Balaban J connectivity index is 1.84. The minimum Gasteiger partial charge on any atom is -0.383 e. The van der Waals surface area contributed by atoms with E-state index in [1.165, 1.54) is 0 Å². The maximum atomic E-state index is 12.7. The standard InChI is InChI=1S/C19H27N5O4S/c1-13(12-28-3)20-17(29)23-22-15(25)11-24-16(26)19(2,21-18(24)27)10-9-14-7-5-4-6-8-14/h4-8,13H,9-12H2,1-3H3,(H,21,27)(H,22,25)(H2,20,23,29)/t13-,19-/m1/s1. The number of ether oxygens (including phenoxy) is 1. The van der Waals surface area contributed by atoms with E-state index in [4.69, 9.17) is 17.0 Å². The van der Waals surface area contributed by atoms with Gasteiger partial charge < -0.3 is 15.4 Å². The molecule has 158 valence electrons. The van der Waals surface area contributed by atoms with Gasteiger partial charge in [-0.2, -0.15) is 0 Å². The Bertz CT molecular complexity index is 760. The molecule has 0 spiro atoms. The number of rotatable bonds is 8. The van der Waals surface area contributed by atoms with E-state index in [2.05, 4.69) is 21.5 Å². The predicted octanol–water partition coefficient (Wildman–Crippen LogP) is 0.460. The van der Waals surface area contributed by atoms with Crippen LogP contribution in [0.15, 0.2) is 30.3 Å². The third-order valence-corrected chi connectivity index (χ3v) is 4.73. The third kappa shape index (κ3) is 6.40. The van der Waals surface area contributed by atoms with Crippen LogP contribution in [0.5, 0.6) is 0 Å². The Morgan fingerprint density at radius 3 is 2.62 bits per heavy atom. The second-order valence-corrected chi connectivity index (χ2v) is 7.55. The van der Waals surface area contributed by atoms with Crippen molar-refractivity contribution in [3.05, 3.63) is 35.9 Å². The lowest BCUT2D eigenvalue weighted by Crippen LogP contribution is -2.52. The first-order chi connectivity index (χ1) is 13.7. The number of imide groups is 1. The molecule has 4 N–H and O–H groups in total. The summed E-state index contributed by atoms with van der Waals surface area (Å²) in [6, 6.07) is 9.06. The molecule has 1 aliphatic rings. The summed E-state index contributed by atoms with van der Waals surface area (Å²) in [6.07, 6.45) is 1.06. The maximum Gasteiger partial charge on any atom is 0.325 e. The van der Waals surface area contributed by atoms with E-state index < -0.39 is 29.9 Å². The molecular formula is C19H27N5O4S. The Hall–Kier alpha value is -2.72. The minimum atomic E-state index is -1.05. The maximum absolute atomic E-state index is 12.7. The first kappa shape index (κ1) is 22.6. The molecule has 1 aromatic carbocycles. The van der Waals surface area contributed by atoms with Crippen LogP contribution in [0.2, 0.25) is 0 Å². The van der Waals surface area contributed by atoms with Gasteiger partial charge in [-0.3, -0.25) is 25.3 Å². The molecule has 2 rings (SSSR count). The van der Waals surface area contributed by atoms with Crippen molar-refractivity contribution in [1.82, 2.24) is 26.4 Å². The van der Waals surface area contributed by atoms with E-state index >= 15 is 0 Å². The summed E-state index contributed by atoms with van der Waals surface area (Å²) >= 11 is 5.06. The number of carbonyl (C=O) groups excluding carboxylic acids is 3. The minimum absolute atomic E-state index is 0.0480. The number of benzene rings is 1. The fourth-order valence-electron chi connectivity index (χ4n) is 2.96. The Labute approximate surface area is 175 Å². The van der Waals surface area contributed by atoms with E-state index in [0.29, 0.717) is 19.4 Å². The van der Waals surface area contributed by atoms with Crippen LogP contribution in [0.4, 0.5) is 4.79 Å². The topological polar surface area (TPSA) is 112 Å². The van der Waals surface area contributed by atoms with Crippen LogP contribution >= 0.6 is 12.2 Å². The molecule has 0 aliphatic carbocycles. The van der Waals surface area contributed by atoms with Gasteiger partial charge in [-0.05, 0) is 44.5 Å². The first-order valence-corrected chi connectivity index (χ1v) is 9.68. The van der Waals surface area contributed by atoms with Crippen molar-refractivity contribution >= 4 is 35.2 Å². The molecule has 1 aromatic rings. The highest BCUT2D eigenvalue weighted by molar-refractivity contribution is 7.80. The number of hydrogen-bond acceptors (Lipinski definition) is 5. The smallest absolute Gasteiger partial charge is 0.325 e. The average molecular weight is 422 g/mol. The molecule has 1 saturated heterocycles. The first-order valence-electron chi connectivity index (χ1n) is 9.27. The highest BCUT2D eigenvalue weighted by atomic mass is 32.1. The molecule has 4 amide bonds. The van der Waals surface area contributed by atoms with E-state index in [-0.39, 0.29) is 11.2 Å². The van der Waals surface area contributed by atoms with Gasteiger partial charge in [0.25, 0.3) is 11.8 Å². The zero-order chi connectivity index (χ0) is 21.4. The Morgan fingerprint density at radius 1 is 1.28 bits per heavy atom. The number of amides is 4. The molecule has 10 heteroatoms. The molecule has 0 unspecified atom stereocenters. The number of hydrogen-bond donors (Lipinski definition) is 4. The number of nitrogens with one attached hydrogen (secondary N) is 4. The molecule has 1 heterocycles. The largest absolute Gasteiger partial charge is 0.383 e. The predicted molar refractivity (Wildman–Crippen MR) is 112 cm³/mol. The Kier molecular flexibility index (Phi) is 7.91. The van der Waals surface area contributed by atoms with Crippen molar-refractivity contribution in [2.24, 2.45) is 0 Å². The molecule has 0 aromatic heterocycles. The SMILES string of the molecule is COC[C@@H](C)NC(=S)NNC(=O)CN1C(=O)N[C@](C)(CCc2ccccc2)C1=O. The van der Waals surface area contributed by atoms with E-state index in [0.717, 1.165) is 10.5 Å². The van der Waals surface area contributed by atoms with Crippen LogP contribution in [0.1, 0.15) is 25.8 Å². The van der Waals surface area contributed by atoms with Crippen LogP contribution in [0, 0.1) is 0 Å². The molecular weight excluding hydrogens is 394 g/mol. The second-order valence-electron chi connectivity index (χ2n) is 7.14. The summed E-state index contributed by atoms with van der Waals surface area (Å²) in [7, 11) is 1.57. The number of thiocarbonyl (C=S) groups is 1. The highest BCUT2D eigenvalue weighted by Crippen LogP contribution is 2.23. The van der Waals surface area contributed by atoms with Crippen LogP contribution in [-0.4, -0.2) is 59.7 Å². The van der Waals surface area contributed by atoms with Gasteiger partial charge >= 0.3 is 6.03 Å². The number of methoxy groups -OCH3 is 1. The highest BCUT2D eigenvalue weighted by Gasteiger charge is 2.47. The van der Waals surface area contributed by atoms with E-state index in [1.54, 1.807) is 14.0 Å². The average Bonchev–Trinajstić information content (AvgIpc) is 2.89. The third-order valence-electron chi connectivity index (χ3n) is 4.51. The van der Waals surface area contributed by atoms with Crippen molar-refractivity contribution in [3.63, 3.8) is 0 Å². The van der Waals surface area contributed by atoms with Crippen molar-refractivity contribution in [3.8, 4) is 0 Å². The molecule has 1 fully saturated rings. The number of hydrazine groups is 1. The second kappa shape index (κ2) is 10.2. The number of urea groups is 1. The molecule has 2 atom stereocenters. The monoisotopic (exact) mass is 421 g/mol.